The van der Waals surface area contributed by atoms with Gasteiger partial charge in [-0.25, -0.2) is 0 Å². The van der Waals surface area contributed by atoms with E-state index < -0.39 is 0 Å². The lowest BCUT2D eigenvalue weighted by molar-refractivity contribution is -0.115. The largest absolute Gasteiger partial charge is 0.398 e. The molecule has 1 amide bonds. The molecular weight excluding hydrogens is 280 g/mol. The molecule has 0 aromatic heterocycles. The van der Waals surface area contributed by atoms with Crippen LogP contribution in [0.25, 0.3) is 0 Å². The molecule has 3 N–H and O–H groups in total. The first kappa shape index (κ1) is 12.4. The number of nitrogens with two attached hydrogens (primary N) is 1. The van der Waals surface area contributed by atoms with Crippen LogP contribution in [0.4, 0.5) is 11.4 Å². The van der Waals surface area contributed by atoms with E-state index in [1.54, 1.807) is 0 Å². The van der Waals surface area contributed by atoms with Crippen LogP contribution in [0.3, 0.4) is 0 Å². The number of carbonyl (C=O) groups excluding carboxylic acids is 1. The number of halogens is 1. The molecule has 2 aromatic rings. The molecule has 1 aliphatic heterocycles. The average Bonchev–Trinajstić information content (AvgIpc) is 2.69. The van der Waals surface area contributed by atoms with Gasteiger partial charge < -0.3 is 11.1 Å². The van der Waals surface area contributed by atoms with Crippen molar-refractivity contribution in [2.75, 3.05) is 11.1 Å². The van der Waals surface area contributed by atoms with Gasteiger partial charge in [0.1, 0.15) is 0 Å². The van der Waals surface area contributed by atoms with E-state index in [2.05, 4.69) is 5.32 Å². The lowest BCUT2D eigenvalue weighted by atomic mass is 10.1. The molecule has 0 unspecified atom stereocenters. The fourth-order valence-electron chi connectivity index (χ4n) is 2.02. The first-order valence-corrected chi connectivity index (χ1v) is 6.97. The van der Waals surface area contributed by atoms with Crippen molar-refractivity contribution >= 4 is 40.6 Å². The summed E-state index contributed by atoms with van der Waals surface area (Å²) in [6.45, 7) is 0. The maximum Gasteiger partial charge on any atom is 0.228 e. The Morgan fingerprint density at radius 3 is 2.89 bits per heavy atom. The third kappa shape index (κ3) is 2.55. The highest BCUT2D eigenvalue weighted by atomic mass is 35.5. The summed E-state index contributed by atoms with van der Waals surface area (Å²) < 4.78 is 0. The molecule has 0 saturated carbocycles. The molecule has 2 aromatic carbocycles. The Labute approximate surface area is 120 Å². The number of fused-ring (bicyclic) bond motifs is 1. The molecule has 0 spiro atoms. The Morgan fingerprint density at radius 1 is 1.26 bits per heavy atom. The predicted octanol–water partition coefficient (Wildman–Crippen LogP) is 3.57. The second-order valence-electron chi connectivity index (χ2n) is 4.33. The lowest BCUT2D eigenvalue weighted by Crippen LogP contribution is -2.03. The van der Waals surface area contributed by atoms with Crippen molar-refractivity contribution in [3.63, 3.8) is 0 Å². The summed E-state index contributed by atoms with van der Waals surface area (Å²) in [7, 11) is 0. The molecule has 1 aliphatic rings. The zero-order valence-corrected chi connectivity index (χ0v) is 11.5. The van der Waals surface area contributed by atoms with Gasteiger partial charge in [0, 0.05) is 26.2 Å². The summed E-state index contributed by atoms with van der Waals surface area (Å²) in [6, 6.07) is 11.4. The van der Waals surface area contributed by atoms with Crippen molar-refractivity contribution in [1.29, 1.82) is 0 Å². The summed E-state index contributed by atoms with van der Waals surface area (Å²) in [5.74, 6) is 0.0132. The summed E-state index contributed by atoms with van der Waals surface area (Å²) in [4.78, 5) is 13.3. The monoisotopic (exact) mass is 290 g/mol. The number of benzene rings is 2. The minimum Gasteiger partial charge on any atom is -0.398 e. The number of nitrogens with one attached hydrogen (secondary N) is 1. The molecule has 1 heterocycles. The Balaban J connectivity index is 1.94. The van der Waals surface area contributed by atoms with Gasteiger partial charge in [-0.1, -0.05) is 29.4 Å². The van der Waals surface area contributed by atoms with Gasteiger partial charge in [0.05, 0.1) is 6.42 Å². The van der Waals surface area contributed by atoms with Crippen LogP contribution >= 0.6 is 23.4 Å². The number of rotatable bonds is 2. The molecule has 0 saturated heterocycles. The highest BCUT2D eigenvalue weighted by Crippen LogP contribution is 2.38. The summed E-state index contributed by atoms with van der Waals surface area (Å²) in [5, 5.41) is 3.52. The maximum absolute atomic E-state index is 11.3. The molecule has 0 bridgehead atoms. The van der Waals surface area contributed by atoms with E-state index >= 15 is 0 Å². The van der Waals surface area contributed by atoms with Gasteiger partial charge in [-0.15, -0.1) is 0 Å². The van der Waals surface area contributed by atoms with E-state index in [0.29, 0.717) is 17.1 Å². The summed E-state index contributed by atoms with van der Waals surface area (Å²) >= 11 is 7.50. The minimum atomic E-state index is 0.0132. The normalized spacial score (nSPS) is 13.2. The summed E-state index contributed by atoms with van der Waals surface area (Å²) in [6.07, 6.45) is 0.404. The molecule has 3 rings (SSSR count). The molecular formula is C14H11ClN2OS. The number of nitrogen functional groups attached to an aromatic ring is 1. The van der Waals surface area contributed by atoms with E-state index in [-0.39, 0.29) is 5.91 Å². The molecule has 96 valence electrons. The number of carbonyl (C=O) groups is 1. The first-order valence-electron chi connectivity index (χ1n) is 5.77. The molecule has 0 atom stereocenters. The number of amides is 1. The van der Waals surface area contributed by atoms with Gasteiger partial charge in [0.15, 0.2) is 0 Å². The van der Waals surface area contributed by atoms with Crippen LogP contribution in [-0.4, -0.2) is 5.91 Å². The Hall–Kier alpha value is -1.65. The van der Waals surface area contributed by atoms with E-state index in [0.717, 1.165) is 21.0 Å². The summed E-state index contributed by atoms with van der Waals surface area (Å²) in [5.41, 5.74) is 8.52. The third-order valence-corrected chi connectivity index (χ3v) is 4.18. The third-order valence-electron chi connectivity index (χ3n) is 2.88. The minimum absolute atomic E-state index is 0.0132. The van der Waals surface area contributed by atoms with Gasteiger partial charge in [-0.2, -0.15) is 0 Å². The van der Waals surface area contributed by atoms with E-state index in [1.165, 1.54) is 11.8 Å². The highest BCUT2D eigenvalue weighted by molar-refractivity contribution is 7.99. The van der Waals surface area contributed by atoms with E-state index in [4.69, 9.17) is 17.3 Å². The van der Waals surface area contributed by atoms with Gasteiger partial charge in [0.25, 0.3) is 0 Å². The average molecular weight is 291 g/mol. The zero-order chi connectivity index (χ0) is 13.4. The highest BCUT2D eigenvalue weighted by Gasteiger charge is 2.19. The van der Waals surface area contributed by atoms with Crippen LogP contribution in [-0.2, 0) is 11.2 Å². The molecule has 5 heteroatoms. The van der Waals surface area contributed by atoms with Crippen molar-refractivity contribution in [2.24, 2.45) is 0 Å². The fourth-order valence-corrected chi connectivity index (χ4v) is 3.21. The molecule has 3 nitrogen and oxygen atoms in total. The van der Waals surface area contributed by atoms with Gasteiger partial charge in [0.2, 0.25) is 5.91 Å². The predicted molar refractivity (Wildman–Crippen MR) is 78.8 cm³/mol. The molecule has 0 radical (unpaired) electrons. The second kappa shape index (κ2) is 4.79. The second-order valence-corrected chi connectivity index (χ2v) is 5.88. The van der Waals surface area contributed by atoms with Crippen molar-refractivity contribution in [3.05, 3.63) is 47.0 Å². The lowest BCUT2D eigenvalue weighted by Gasteiger charge is -2.08. The van der Waals surface area contributed by atoms with Crippen molar-refractivity contribution in [3.8, 4) is 0 Å². The van der Waals surface area contributed by atoms with Crippen LogP contribution < -0.4 is 11.1 Å². The van der Waals surface area contributed by atoms with Crippen LogP contribution in [0.15, 0.2) is 46.2 Å². The van der Waals surface area contributed by atoms with Gasteiger partial charge in [-0.3, -0.25) is 4.79 Å². The van der Waals surface area contributed by atoms with Crippen molar-refractivity contribution in [1.82, 2.24) is 0 Å². The van der Waals surface area contributed by atoms with Crippen molar-refractivity contribution < 1.29 is 4.79 Å². The van der Waals surface area contributed by atoms with Crippen LogP contribution in [0, 0.1) is 0 Å². The molecule has 19 heavy (non-hydrogen) atoms. The van der Waals surface area contributed by atoms with Gasteiger partial charge in [-0.05, 0) is 35.9 Å². The number of hydrogen-bond acceptors (Lipinski definition) is 3. The quantitative estimate of drug-likeness (QED) is 0.832. The van der Waals surface area contributed by atoms with E-state index in [9.17, 15) is 4.79 Å². The Bertz CT molecular complexity index is 672. The topological polar surface area (TPSA) is 55.1 Å². The van der Waals surface area contributed by atoms with Crippen molar-refractivity contribution in [2.45, 2.75) is 16.2 Å². The fraction of sp³-hybridized carbons (Fsp3) is 0.0714. The maximum atomic E-state index is 11.3. The Kier molecular flexibility index (Phi) is 3.12. The van der Waals surface area contributed by atoms with Crippen LogP contribution in [0.1, 0.15) is 5.56 Å². The van der Waals surface area contributed by atoms with Crippen LogP contribution in [0.5, 0.6) is 0 Å². The Morgan fingerprint density at radius 2 is 2.11 bits per heavy atom. The molecule has 0 aliphatic carbocycles. The number of hydrogen-bond donors (Lipinski definition) is 2. The van der Waals surface area contributed by atoms with Crippen LogP contribution in [0.2, 0.25) is 5.02 Å². The molecule has 0 fully saturated rings. The SMILES string of the molecule is Nc1cc2c(cc1Sc1cccc(Cl)c1)NC(=O)C2. The van der Waals surface area contributed by atoms with Gasteiger partial charge >= 0.3 is 0 Å². The smallest absolute Gasteiger partial charge is 0.228 e. The van der Waals surface area contributed by atoms with E-state index in [1.807, 2.05) is 36.4 Å². The first-order chi connectivity index (χ1) is 9.11. The number of anilines is 2. The zero-order valence-electron chi connectivity index (χ0n) is 9.94. The standard InChI is InChI=1S/C14H11ClN2OS/c15-9-2-1-3-10(6-9)19-13-7-12-8(4-11(13)16)5-14(18)17-12/h1-4,6-7H,5,16H2,(H,17,18).